The van der Waals surface area contributed by atoms with Crippen molar-refractivity contribution in [1.29, 1.82) is 0 Å². The Hall–Kier alpha value is -4.23. The number of carbonyl (C=O) groups excluding carboxylic acids is 2. The highest BCUT2D eigenvalue weighted by molar-refractivity contribution is 6.32. The van der Waals surface area contributed by atoms with Gasteiger partial charge in [0.25, 0.3) is 0 Å². The minimum atomic E-state index is -0.892. The maximum Gasteiger partial charge on any atom is 0.315 e. The van der Waals surface area contributed by atoms with E-state index in [0.717, 1.165) is 16.9 Å². The molecule has 0 aromatic heterocycles. The molecular formula is C33H32ClNO6. The van der Waals surface area contributed by atoms with E-state index in [0.29, 0.717) is 35.4 Å². The number of ketones is 1. The lowest BCUT2D eigenvalue weighted by Crippen LogP contribution is -2.42. The van der Waals surface area contributed by atoms with Crippen LogP contribution >= 0.6 is 11.6 Å². The summed E-state index contributed by atoms with van der Waals surface area (Å²) >= 11 is 6.38. The Bertz CT molecular complexity index is 1500. The molecule has 3 aromatic rings. The first-order valence-electron chi connectivity index (χ1n) is 13.4. The molecular weight excluding hydrogens is 542 g/mol. The molecule has 0 bridgehead atoms. The van der Waals surface area contributed by atoms with Crippen LogP contribution < -0.4 is 14.8 Å². The van der Waals surface area contributed by atoms with Crippen LogP contribution in [0.3, 0.4) is 0 Å². The molecule has 2 aliphatic rings. The summed E-state index contributed by atoms with van der Waals surface area (Å²) in [7, 11) is 3.03. The summed E-state index contributed by atoms with van der Waals surface area (Å²) in [4.78, 5) is 27.5. The van der Waals surface area contributed by atoms with Gasteiger partial charge in [-0.3, -0.25) is 9.59 Å². The van der Waals surface area contributed by atoms with Gasteiger partial charge in [0.15, 0.2) is 17.3 Å². The van der Waals surface area contributed by atoms with Crippen molar-refractivity contribution in [2.75, 3.05) is 20.8 Å². The van der Waals surface area contributed by atoms with Gasteiger partial charge < -0.3 is 24.6 Å². The van der Waals surface area contributed by atoms with Crippen molar-refractivity contribution >= 4 is 23.4 Å². The normalized spacial score (nSPS) is 20.2. The molecule has 41 heavy (non-hydrogen) atoms. The van der Waals surface area contributed by atoms with Crippen molar-refractivity contribution in [3.8, 4) is 17.2 Å². The van der Waals surface area contributed by atoms with Crippen LogP contribution in [0.5, 0.6) is 17.2 Å². The number of Topliss-reactive ketones (excluding diaryl/α,β-unsaturated/α-hetero) is 1. The molecule has 3 atom stereocenters. The topological polar surface area (TPSA) is 94.1 Å². The summed E-state index contributed by atoms with van der Waals surface area (Å²) < 4.78 is 16.4. The van der Waals surface area contributed by atoms with Crippen molar-refractivity contribution < 1.29 is 28.9 Å². The van der Waals surface area contributed by atoms with Crippen LogP contribution in [0.2, 0.25) is 5.02 Å². The summed E-state index contributed by atoms with van der Waals surface area (Å²) in [5.41, 5.74) is 4.27. The number of benzene rings is 3. The van der Waals surface area contributed by atoms with Gasteiger partial charge in [-0.15, -0.1) is 0 Å². The lowest BCUT2D eigenvalue weighted by molar-refractivity contribution is -0.147. The summed E-state index contributed by atoms with van der Waals surface area (Å²) in [6.45, 7) is 4.37. The lowest BCUT2D eigenvalue weighted by atomic mass is 9.69. The fourth-order valence-electron chi connectivity index (χ4n) is 5.73. The van der Waals surface area contributed by atoms with Gasteiger partial charge in [0, 0.05) is 35.7 Å². The number of nitrogens with one attached hydrogen (secondary N) is 1. The molecule has 1 heterocycles. The summed E-state index contributed by atoms with van der Waals surface area (Å²) in [5.74, 6) is -1.57. The molecule has 212 valence electrons. The van der Waals surface area contributed by atoms with E-state index in [1.54, 1.807) is 19.2 Å². The van der Waals surface area contributed by atoms with Crippen LogP contribution in [0.15, 0.2) is 90.3 Å². The molecule has 0 radical (unpaired) electrons. The first-order valence-corrected chi connectivity index (χ1v) is 13.8. The number of phenols is 1. The Labute approximate surface area is 244 Å². The predicted molar refractivity (Wildman–Crippen MR) is 156 cm³/mol. The SMILES string of the molecule is C=C1NC2=C(C(=O)CC(c3ccc(OC)cc3)C2)C(c2cc(Cl)c(O)c(OC)c2)C1C(=O)OCCc1ccccc1. The maximum atomic E-state index is 13.9. The summed E-state index contributed by atoms with van der Waals surface area (Å²) in [6, 6.07) is 20.6. The largest absolute Gasteiger partial charge is 0.503 e. The molecule has 1 aliphatic carbocycles. The zero-order valence-corrected chi connectivity index (χ0v) is 23.7. The van der Waals surface area contributed by atoms with E-state index >= 15 is 0 Å². The molecule has 5 rings (SSSR count). The van der Waals surface area contributed by atoms with Crippen molar-refractivity contribution in [3.63, 3.8) is 0 Å². The fourth-order valence-corrected chi connectivity index (χ4v) is 5.95. The van der Waals surface area contributed by atoms with E-state index < -0.39 is 17.8 Å². The fraction of sp³-hybridized carbons (Fsp3) is 0.273. The van der Waals surface area contributed by atoms with Crippen LogP contribution in [0, 0.1) is 5.92 Å². The first kappa shape index (κ1) is 28.3. The molecule has 2 N–H and O–H groups in total. The number of carbonyl (C=O) groups is 2. The molecule has 3 aromatic carbocycles. The van der Waals surface area contributed by atoms with Gasteiger partial charge >= 0.3 is 5.97 Å². The smallest absolute Gasteiger partial charge is 0.315 e. The Morgan fingerprint density at radius 1 is 1.02 bits per heavy atom. The van der Waals surface area contributed by atoms with Gasteiger partial charge in [0.05, 0.1) is 25.8 Å². The Kier molecular flexibility index (Phi) is 8.36. The molecule has 0 fully saturated rings. The van der Waals surface area contributed by atoms with Gasteiger partial charge in [-0.1, -0.05) is 60.6 Å². The average Bonchev–Trinajstić information content (AvgIpc) is 2.98. The zero-order chi connectivity index (χ0) is 29.1. The third kappa shape index (κ3) is 5.81. The maximum absolute atomic E-state index is 13.9. The van der Waals surface area contributed by atoms with Crippen LogP contribution in [0.4, 0.5) is 0 Å². The third-order valence-corrected chi connectivity index (χ3v) is 8.08. The number of ether oxygens (including phenoxy) is 3. The number of hydrogen-bond donors (Lipinski definition) is 2. The minimum Gasteiger partial charge on any atom is -0.503 e. The van der Waals surface area contributed by atoms with E-state index in [1.807, 2.05) is 54.6 Å². The van der Waals surface area contributed by atoms with Crippen molar-refractivity contribution in [2.24, 2.45) is 5.92 Å². The highest BCUT2D eigenvalue weighted by Gasteiger charge is 2.46. The van der Waals surface area contributed by atoms with E-state index in [2.05, 4.69) is 11.9 Å². The third-order valence-electron chi connectivity index (χ3n) is 7.79. The van der Waals surface area contributed by atoms with Gasteiger partial charge in [-0.05, 0) is 53.3 Å². The molecule has 0 saturated carbocycles. The molecule has 7 nitrogen and oxygen atoms in total. The Morgan fingerprint density at radius 3 is 2.44 bits per heavy atom. The van der Waals surface area contributed by atoms with E-state index in [-0.39, 0.29) is 41.3 Å². The van der Waals surface area contributed by atoms with Crippen LogP contribution in [-0.2, 0) is 20.7 Å². The average molecular weight is 574 g/mol. The number of halogens is 1. The molecule has 0 saturated heterocycles. The number of aromatic hydroxyl groups is 1. The van der Waals surface area contributed by atoms with Crippen molar-refractivity contribution in [1.82, 2.24) is 5.32 Å². The Balaban J connectivity index is 1.51. The lowest BCUT2D eigenvalue weighted by Gasteiger charge is -2.40. The van der Waals surface area contributed by atoms with E-state index in [4.69, 9.17) is 25.8 Å². The molecule has 3 unspecified atom stereocenters. The van der Waals surface area contributed by atoms with Crippen LogP contribution in [0.1, 0.15) is 41.4 Å². The standard InChI is InChI=1S/C33H32ClNO6/c1-19-29(33(38)41-14-13-20-7-5-4-6-8-20)30(23-15-25(34)32(37)28(18-23)40-3)31-26(35-19)16-22(17-27(31)36)21-9-11-24(39-2)12-10-21/h4-12,15,18,22,29-30,35,37H,1,13-14,16-17H2,2-3H3. The van der Waals surface area contributed by atoms with Gasteiger partial charge in [0.2, 0.25) is 0 Å². The zero-order valence-electron chi connectivity index (χ0n) is 23.0. The quantitative estimate of drug-likeness (QED) is 0.316. The first-order chi connectivity index (χ1) is 19.8. The molecule has 0 spiro atoms. The number of hydrogen-bond acceptors (Lipinski definition) is 7. The molecule has 8 heteroatoms. The molecule has 1 aliphatic heterocycles. The van der Waals surface area contributed by atoms with E-state index in [9.17, 15) is 14.7 Å². The number of phenolic OH excluding ortho intramolecular Hbond substituents is 1. The van der Waals surface area contributed by atoms with Crippen LogP contribution in [0.25, 0.3) is 0 Å². The van der Waals surface area contributed by atoms with Gasteiger partial charge in [0.1, 0.15) is 11.7 Å². The molecule has 0 amide bonds. The van der Waals surface area contributed by atoms with Crippen molar-refractivity contribution in [3.05, 3.63) is 112 Å². The number of allylic oxidation sites excluding steroid dienone is 2. The minimum absolute atomic E-state index is 0.0552. The second kappa shape index (κ2) is 12.1. The summed E-state index contributed by atoms with van der Waals surface area (Å²) in [6.07, 6.45) is 1.38. The second-order valence-corrected chi connectivity index (χ2v) is 10.7. The van der Waals surface area contributed by atoms with Gasteiger partial charge in [-0.2, -0.15) is 0 Å². The van der Waals surface area contributed by atoms with Gasteiger partial charge in [-0.25, -0.2) is 0 Å². The highest BCUT2D eigenvalue weighted by atomic mass is 35.5. The van der Waals surface area contributed by atoms with Crippen LogP contribution in [-0.4, -0.2) is 37.7 Å². The number of methoxy groups -OCH3 is 2. The monoisotopic (exact) mass is 573 g/mol. The highest BCUT2D eigenvalue weighted by Crippen LogP contribution is 2.49. The number of esters is 1. The number of rotatable bonds is 8. The Morgan fingerprint density at radius 2 is 1.76 bits per heavy atom. The predicted octanol–water partition coefficient (Wildman–Crippen LogP) is 6.07. The second-order valence-electron chi connectivity index (χ2n) is 10.3. The van der Waals surface area contributed by atoms with Crippen molar-refractivity contribution in [2.45, 2.75) is 31.1 Å². The van der Waals surface area contributed by atoms with E-state index in [1.165, 1.54) is 7.11 Å². The summed E-state index contributed by atoms with van der Waals surface area (Å²) in [5, 5.41) is 13.7.